The van der Waals surface area contributed by atoms with Crippen LogP contribution in [-0.4, -0.2) is 53.1 Å². The number of thioether (sulfide) groups is 1. The lowest BCUT2D eigenvalue weighted by Gasteiger charge is -2.33. The van der Waals surface area contributed by atoms with Crippen LogP contribution in [0.4, 0.5) is 5.69 Å². The van der Waals surface area contributed by atoms with Crippen molar-refractivity contribution in [2.75, 3.05) is 5.75 Å². The van der Waals surface area contributed by atoms with Gasteiger partial charge >= 0.3 is 0 Å². The molecule has 7 nitrogen and oxygen atoms in total. The first-order valence-corrected chi connectivity index (χ1v) is 7.99. The predicted molar refractivity (Wildman–Crippen MR) is 73.8 cm³/mol. The van der Waals surface area contributed by atoms with Crippen molar-refractivity contribution in [2.24, 2.45) is 0 Å². The number of non-ortho nitro benzene ring substituents is 1. The van der Waals surface area contributed by atoms with E-state index in [2.05, 4.69) is 0 Å². The zero-order valence-corrected chi connectivity index (χ0v) is 11.8. The Hall–Kier alpha value is -1.00. The monoisotopic (exact) mass is 319 g/mol. The van der Waals surface area contributed by atoms with Gasteiger partial charge in [-0.05, 0) is 12.1 Å². The largest absolute Gasteiger partial charge is 0.389 e. The summed E-state index contributed by atoms with van der Waals surface area (Å²) in [5.74, 6) is -0.108. The van der Waals surface area contributed by atoms with E-state index >= 15 is 0 Å². The Kier molecular flexibility index (Phi) is 4.76. The van der Waals surface area contributed by atoms with Crippen LogP contribution in [0, 0.1) is 10.1 Å². The fourth-order valence-electron chi connectivity index (χ4n) is 1.81. The lowest BCUT2D eigenvalue weighted by molar-refractivity contribution is -0.384. The molecule has 1 heterocycles. The number of hydrogen-bond donors (Lipinski definition) is 3. The highest BCUT2D eigenvalue weighted by molar-refractivity contribution is 8.11. The van der Waals surface area contributed by atoms with Gasteiger partial charge in [0.25, 0.3) is 5.69 Å². The van der Waals surface area contributed by atoms with Crippen LogP contribution < -0.4 is 0 Å². The maximum Gasteiger partial charge on any atom is 0.269 e. The summed E-state index contributed by atoms with van der Waals surface area (Å²) in [7, 11) is -1.50. The minimum absolute atomic E-state index is 0.0601. The number of benzene rings is 1. The molecule has 110 valence electrons. The summed E-state index contributed by atoms with van der Waals surface area (Å²) >= 11 is 1.06. The number of nitro groups is 1. The smallest absolute Gasteiger partial charge is 0.269 e. The predicted octanol–water partition coefficient (Wildman–Crippen LogP) is -0.142. The third-order valence-electron chi connectivity index (χ3n) is 2.92. The highest BCUT2D eigenvalue weighted by Gasteiger charge is 2.41. The highest BCUT2D eigenvalue weighted by atomic mass is 32.2. The van der Waals surface area contributed by atoms with E-state index in [1.54, 1.807) is 0 Å². The molecule has 0 amide bonds. The second kappa shape index (κ2) is 6.19. The van der Waals surface area contributed by atoms with Crippen LogP contribution in [0.1, 0.15) is 0 Å². The van der Waals surface area contributed by atoms with Gasteiger partial charge in [0.2, 0.25) is 0 Å². The van der Waals surface area contributed by atoms with Gasteiger partial charge in [0.15, 0.2) is 0 Å². The zero-order chi connectivity index (χ0) is 14.9. The van der Waals surface area contributed by atoms with Gasteiger partial charge in [-0.1, -0.05) is 0 Å². The van der Waals surface area contributed by atoms with E-state index in [4.69, 9.17) is 0 Å². The molecule has 2 rings (SSSR count). The Morgan fingerprint density at radius 3 is 2.35 bits per heavy atom. The summed E-state index contributed by atoms with van der Waals surface area (Å²) in [6.07, 6.45) is -3.87. The Morgan fingerprint density at radius 1 is 1.20 bits per heavy atom. The van der Waals surface area contributed by atoms with Crippen LogP contribution in [0.25, 0.3) is 0 Å². The molecule has 1 aromatic carbocycles. The number of hydrogen-bond acceptors (Lipinski definition) is 7. The van der Waals surface area contributed by atoms with Gasteiger partial charge in [-0.2, -0.15) is 0 Å². The van der Waals surface area contributed by atoms with E-state index in [9.17, 15) is 29.6 Å². The van der Waals surface area contributed by atoms with Crippen LogP contribution in [0.5, 0.6) is 0 Å². The molecule has 5 atom stereocenters. The number of nitrogens with zero attached hydrogens (tertiary/aromatic N) is 1. The molecule has 1 fully saturated rings. The normalized spacial score (nSPS) is 33.9. The lowest BCUT2D eigenvalue weighted by Crippen LogP contribution is -2.52. The maximum absolute atomic E-state index is 11.9. The SMILES string of the molecule is O=[N+]([O-])c1ccc(S[C@H]2[C@@H](O)[C@H](O)[C@H](O)C[S@@]2=O)cc1. The summed E-state index contributed by atoms with van der Waals surface area (Å²) in [4.78, 5) is 10.6. The zero-order valence-electron chi connectivity index (χ0n) is 10.2. The number of aliphatic hydroxyl groups is 3. The topological polar surface area (TPSA) is 121 Å². The molecule has 0 aliphatic carbocycles. The van der Waals surface area contributed by atoms with E-state index in [0.29, 0.717) is 4.90 Å². The molecular formula is C11H13NO6S2. The van der Waals surface area contributed by atoms with Gasteiger partial charge < -0.3 is 15.3 Å². The van der Waals surface area contributed by atoms with E-state index in [1.807, 2.05) is 0 Å². The first-order valence-electron chi connectivity index (χ1n) is 5.72. The van der Waals surface area contributed by atoms with E-state index in [-0.39, 0.29) is 11.4 Å². The van der Waals surface area contributed by atoms with Crippen molar-refractivity contribution in [2.45, 2.75) is 27.8 Å². The molecule has 3 N–H and O–H groups in total. The van der Waals surface area contributed by atoms with Gasteiger partial charge in [0, 0.05) is 27.8 Å². The van der Waals surface area contributed by atoms with Crippen LogP contribution in [-0.2, 0) is 10.8 Å². The summed E-state index contributed by atoms with van der Waals surface area (Å²) in [6, 6.07) is 5.60. The van der Waals surface area contributed by atoms with Crippen molar-refractivity contribution in [3.8, 4) is 0 Å². The fourth-order valence-corrected chi connectivity index (χ4v) is 4.87. The van der Waals surface area contributed by atoms with Crippen molar-refractivity contribution in [3.05, 3.63) is 34.4 Å². The Balaban J connectivity index is 2.12. The molecule has 1 saturated heterocycles. The lowest BCUT2D eigenvalue weighted by atomic mass is 10.1. The molecule has 9 heteroatoms. The third-order valence-corrected chi connectivity index (χ3v) is 6.37. The van der Waals surface area contributed by atoms with Crippen LogP contribution in [0.3, 0.4) is 0 Å². The molecule has 1 aromatic rings. The number of nitro benzene ring substituents is 1. The second-order valence-electron chi connectivity index (χ2n) is 4.33. The summed E-state index contributed by atoms with van der Waals surface area (Å²) < 4.78 is 11.1. The first kappa shape index (κ1) is 15.4. The fraction of sp³-hybridized carbons (Fsp3) is 0.455. The van der Waals surface area contributed by atoms with Crippen molar-refractivity contribution in [1.82, 2.24) is 0 Å². The van der Waals surface area contributed by atoms with Gasteiger partial charge in [0.05, 0.1) is 16.8 Å². The average Bonchev–Trinajstić information content (AvgIpc) is 2.42. The van der Waals surface area contributed by atoms with Gasteiger partial charge in [0.1, 0.15) is 16.8 Å². The summed E-state index contributed by atoms with van der Waals surface area (Å²) in [6.45, 7) is 0. The molecule has 0 spiro atoms. The molecule has 20 heavy (non-hydrogen) atoms. The Bertz CT molecular complexity index is 522. The summed E-state index contributed by atoms with van der Waals surface area (Å²) in [5.41, 5.74) is -0.0601. The van der Waals surface area contributed by atoms with Crippen LogP contribution >= 0.6 is 11.8 Å². The number of rotatable bonds is 3. The maximum atomic E-state index is 11.9. The van der Waals surface area contributed by atoms with Gasteiger partial charge in [-0.15, -0.1) is 11.8 Å². The molecular weight excluding hydrogens is 306 g/mol. The van der Waals surface area contributed by atoms with Crippen molar-refractivity contribution < 1.29 is 24.5 Å². The second-order valence-corrected chi connectivity index (χ2v) is 7.45. The Labute approximate surface area is 121 Å². The van der Waals surface area contributed by atoms with Crippen molar-refractivity contribution >= 4 is 28.2 Å². The average molecular weight is 319 g/mol. The van der Waals surface area contributed by atoms with Gasteiger partial charge in [-0.25, -0.2) is 0 Å². The minimum Gasteiger partial charge on any atom is -0.389 e. The van der Waals surface area contributed by atoms with E-state index in [1.165, 1.54) is 24.3 Å². The van der Waals surface area contributed by atoms with Gasteiger partial charge in [-0.3, -0.25) is 14.3 Å². The van der Waals surface area contributed by atoms with Crippen LogP contribution in [0.15, 0.2) is 29.2 Å². The van der Waals surface area contributed by atoms with Crippen molar-refractivity contribution in [1.29, 1.82) is 0 Å². The summed E-state index contributed by atoms with van der Waals surface area (Å²) in [5, 5.41) is 39.4. The highest BCUT2D eigenvalue weighted by Crippen LogP contribution is 2.33. The molecule has 0 radical (unpaired) electrons. The Morgan fingerprint density at radius 2 is 1.80 bits per heavy atom. The third kappa shape index (κ3) is 3.18. The van der Waals surface area contributed by atoms with Crippen molar-refractivity contribution in [3.63, 3.8) is 0 Å². The van der Waals surface area contributed by atoms with E-state index in [0.717, 1.165) is 11.8 Å². The molecule has 0 saturated carbocycles. The molecule has 1 aliphatic rings. The molecule has 0 aromatic heterocycles. The first-order chi connectivity index (χ1) is 9.40. The minimum atomic E-state index is -1.50. The number of aliphatic hydroxyl groups excluding tert-OH is 3. The van der Waals surface area contributed by atoms with Crippen LogP contribution in [0.2, 0.25) is 0 Å². The quantitative estimate of drug-likeness (QED) is 0.523. The van der Waals surface area contributed by atoms with E-state index < -0.39 is 38.6 Å². The molecule has 1 aliphatic heterocycles. The molecule has 0 unspecified atom stereocenters. The standard InChI is InChI=1S/C11H13NO6S2/c13-8-5-20(18)11(10(15)9(8)14)19-7-3-1-6(2-4-7)12(16)17/h1-4,8-11,13-15H,5H2/t8-,9-,10+,11-,20+/m1/s1. The molecule has 0 bridgehead atoms.